The van der Waals surface area contributed by atoms with E-state index in [0.717, 1.165) is 22.9 Å². The van der Waals surface area contributed by atoms with Crippen LogP contribution in [-0.4, -0.2) is 31.0 Å². The van der Waals surface area contributed by atoms with Crippen LogP contribution in [0.3, 0.4) is 0 Å². The molecular weight excluding hydrogens is 326 g/mol. The second-order valence-corrected chi connectivity index (χ2v) is 7.98. The Morgan fingerprint density at radius 2 is 1.62 bits per heavy atom. The van der Waals surface area contributed by atoms with Crippen molar-refractivity contribution in [2.24, 2.45) is 0 Å². The molecule has 0 fully saturated rings. The minimum Gasteiger partial charge on any atom is -0.289 e. The predicted octanol–water partition coefficient (Wildman–Crippen LogP) is 2.59. The Morgan fingerprint density at radius 1 is 1.04 bits per heavy atom. The van der Waals surface area contributed by atoms with Gasteiger partial charge < -0.3 is 0 Å². The maximum absolute atomic E-state index is 11.6. The van der Waals surface area contributed by atoms with E-state index in [-0.39, 0.29) is 6.42 Å². The quantitative estimate of drug-likeness (QED) is 0.596. The van der Waals surface area contributed by atoms with E-state index in [1.165, 1.54) is 5.48 Å². The average Bonchev–Trinajstić information content (AvgIpc) is 2.58. The fraction of sp³-hybridized carbons (Fsp3) is 0.278. The Hall–Kier alpha value is -2.18. The molecule has 0 aliphatic rings. The van der Waals surface area contributed by atoms with Crippen LogP contribution in [0.2, 0.25) is 0 Å². The number of hydrogen-bond acceptors (Lipinski definition) is 4. The number of hydrogen-bond donors (Lipinski definition) is 2. The number of aryl methyl sites for hydroxylation is 1. The first-order chi connectivity index (χ1) is 11.4. The lowest BCUT2D eigenvalue weighted by atomic mass is 10.0. The van der Waals surface area contributed by atoms with Gasteiger partial charge in [0.25, 0.3) is 5.91 Å². The second kappa shape index (κ2) is 8.08. The second-order valence-electron chi connectivity index (χ2n) is 5.75. The van der Waals surface area contributed by atoms with Gasteiger partial charge in [0.15, 0.2) is 9.84 Å². The highest BCUT2D eigenvalue weighted by Crippen LogP contribution is 2.20. The summed E-state index contributed by atoms with van der Waals surface area (Å²) >= 11 is 0. The number of amides is 1. The largest absolute Gasteiger partial charge is 0.289 e. The Kier molecular flexibility index (Phi) is 6.11. The highest BCUT2D eigenvalue weighted by Gasteiger charge is 2.27. The highest BCUT2D eigenvalue weighted by molar-refractivity contribution is 7.92. The predicted molar refractivity (Wildman–Crippen MR) is 93.4 cm³/mol. The highest BCUT2D eigenvalue weighted by atomic mass is 32.2. The topological polar surface area (TPSA) is 83.5 Å². The average molecular weight is 347 g/mol. The number of hydroxylamine groups is 1. The number of carbonyl (C=O) groups is 1. The zero-order valence-electron chi connectivity index (χ0n) is 13.5. The number of rotatable bonds is 7. The van der Waals surface area contributed by atoms with Crippen molar-refractivity contribution >= 4 is 15.7 Å². The third kappa shape index (κ3) is 4.91. The molecule has 2 rings (SSSR count). The normalized spacial score (nSPS) is 12.6. The van der Waals surface area contributed by atoms with Crippen LogP contribution in [-0.2, 0) is 21.1 Å². The molecule has 2 N–H and O–H groups in total. The first-order valence-electron chi connectivity index (χ1n) is 7.69. The summed E-state index contributed by atoms with van der Waals surface area (Å²) in [6, 6.07) is 18.1. The van der Waals surface area contributed by atoms with Gasteiger partial charge >= 0.3 is 0 Å². The standard InChI is InChI=1S/C18H21NO4S/c1-24(22,23)17(18(20)19-21)9-5-6-14-10-12-16(13-11-14)15-7-3-2-4-8-15/h2-4,7-8,10-13,17,21H,5-6,9H2,1H3,(H,19,20). The lowest BCUT2D eigenvalue weighted by Gasteiger charge is -2.12. The molecule has 5 nitrogen and oxygen atoms in total. The summed E-state index contributed by atoms with van der Waals surface area (Å²) in [5.41, 5.74) is 4.76. The van der Waals surface area contributed by atoms with Gasteiger partial charge in [-0.3, -0.25) is 10.0 Å². The third-order valence-corrected chi connectivity index (χ3v) is 5.40. The van der Waals surface area contributed by atoms with Crippen LogP contribution >= 0.6 is 0 Å². The van der Waals surface area contributed by atoms with E-state index in [9.17, 15) is 13.2 Å². The number of nitrogens with one attached hydrogen (secondary N) is 1. The summed E-state index contributed by atoms with van der Waals surface area (Å²) in [6.45, 7) is 0. The zero-order chi connectivity index (χ0) is 17.6. The number of sulfone groups is 1. The molecule has 0 saturated carbocycles. The summed E-state index contributed by atoms with van der Waals surface area (Å²) in [7, 11) is -3.55. The Bertz CT molecular complexity index is 770. The molecule has 2 aromatic rings. The molecule has 2 aromatic carbocycles. The van der Waals surface area contributed by atoms with Gasteiger partial charge in [-0.1, -0.05) is 54.6 Å². The van der Waals surface area contributed by atoms with E-state index < -0.39 is 21.0 Å². The molecule has 0 heterocycles. The molecule has 0 aromatic heterocycles. The van der Waals surface area contributed by atoms with Gasteiger partial charge in [0, 0.05) is 6.26 Å². The molecule has 0 radical (unpaired) electrons. The van der Waals surface area contributed by atoms with Crippen molar-refractivity contribution in [3.8, 4) is 11.1 Å². The van der Waals surface area contributed by atoms with Crippen molar-refractivity contribution in [2.75, 3.05) is 6.26 Å². The fourth-order valence-electron chi connectivity index (χ4n) is 2.60. The van der Waals surface area contributed by atoms with Gasteiger partial charge in [0.1, 0.15) is 5.25 Å². The molecule has 0 aliphatic carbocycles. The first-order valence-corrected chi connectivity index (χ1v) is 9.64. The van der Waals surface area contributed by atoms with Crippen LogP contribution in [0, 0.1) is 0 Å². The van der Waals surface area contributed by atoms with Gasteiger partial charge in [0.2, 0.25) is 0 Å². The molecule has 6 heteroatoms. The van der Waals surface area contributed by atoms with E-state index in [2.05, 4.69) is 0 Å². The fourth-order valence-corrected chi connectivity index (χ4v) is 3.63. The van der Waals surface area contributed by atoms with Crippen molar-refractivity contribution in [2.45, 2.75) is 24.5 Å². The van der Waals surface area contributed by atoms with Gasteiger partial charge in [-0.2, -0.15) is 0 Å². The number of carbonyl (C=O) groups excluding carboxylic acids is 1. The van der Waals surface area contributed by atoms with Crippen molar-refractivity contribution in [3.05, 3.63) is 60.2 Å². The zero-order valence-corrected chi connectivity index (χ0v) is 14.3. The summed E-state index contributed by atoms with van der Waals surface area (Å²) in [6.07, 6.45) is 2.38. The number of benzene rings is 2. The molecule has 0 saturated heterocycles. The summed E-state index contributed by atoms with van der Waals surface area (Å²) < 4.78 is 23.2. The van der Waals surface area contributed by atoms with Crippen molar-refractivity contribution in [3.63, 3.8) is 0 Å². The first kappa shape index (κ1) is 18.2. The van der Waals surface area contributed by atoms with Crippen LogP contribution in [0.5, 0.6) is 0 Å². The van der Waals surface area contributed by atoms with E-state index >= 15 is 0 Å². The van der Waals surface area contributed by atoms with Gasteiger partial charge in [-0.05, 0) is 36.0 Å². The maximum atomic E-state index is 11.6. The monoisotopic (exact) mass is 347 g/mol. The van der Waals surface area contributed by atoms with E-state index in [0.29, 0.717) is 12.8 Å². The van der Waals surface area contributed by atoms with E-state index in [1.54, 1.807) is 0 Å². The van der Waals surface area contributed by atoms with Crippen molar-refractivity contribution in [1.82, 2.24) is 5.48 Å². The van der Waals surface area contributed by atoms with Crippen LogP contribution in [0.4, 0.5) is 0 Å². The van der Waals surface area contributed by atoms with Crippen LogP contribution in [0.15, 0.2) is 54.6 Å². The smallest absolute Gasteiger partial charge is 0.261 e. The minimum absolute atomic E-state index is 0.172. The Labute approximate surface area is 142 Å². The lowest BCUT2D eigenvalue weighted by Crippen LogP contribution is -2.37. The van der Waals surface area contributed by atoms with E-state index in [4.69, 9.17) is 5.21 Å². The molecule has 24 heavy (non-hydrogen) atoms. The molecule has 0 aliphatic heterocycles. The SMILES string of the molecule is CS(=O)(=O)C(CCCc1ccc(-c2ccccc2)cc1)C(=O)NO. The Balaban J connectivity index is 1.96. The molecule has 0 spiro atoms. The molecule has 0 bridgehead atoms. The van der Waals surface area contributed by atoms with E-state index in [1.807, 2.05) is 54.6 Å². The molecule has 128 valence electrons. The minimum atomic E-state index is -3.55. The van der Waals surface area contributed by atoms with Crippen LogP contribution in [0.1, 0.15) is 18.4 Å². The van der Waals surface area contributed by atoms with Gasteiger partial charge in [-0.25, -0.2) is 13.9 Å². The third-order valence-electron chi connectivity index (χ3n) is 3.91. The molecule has 1 unspecified atom stereocenters. The molecule has 1 atom stereocenters. The summed E-state index contributed by atoms with van der Waals surface area (Å²) in [5.74, 6) is -0.878. The van der Waals surface area contributed by atoms with Gasteiger partial charge in [-0.15, -0.1) is 0 Å². The maximum Gasteiger partial charge on any atom is 0.261 e. The van der Waals surface area contributed by atoms with Crippen molar-refractivity contribution < 1.29 is 18.4 Å². The lowest BCUT2D eigenvalue weighted by molar-refractivity contribution is -0.128. The van der Waals surface area contributed by atoms with Crippen LogP contribution in [0.25, 0.3) is 11.1 Å². The van der Waals surface area contributed by atoms with Crippen molar-refractivity contribution in [1.29, 1.82) is 0 Å². The summed E-state index contributed by atoms with van der Waals surface area (Å²) in [4.78, 5) is 11.5. The Morgan fingerprint density at radius 3 is 2.17 bits per heavy atom. The molecular formula is C18H21NO4S. The molecule has 1 amide bonds. The van der Waals surface area contributed by atoms with Gasteiger partial charge in [0.05, 0.1) is 0 Å². The summed E-state index contributed by atoms with van der Waals surface area (Å²) in [5, 5.41) is 7.44. The van der Waals surface area contributed by atoms with Crippen LogP contribution < -0.4 is 5.48 Å².